The molecule has 0 bridgehead atoms. The summed E-state index contributed by atoms with van der Waals surface area (Å²) in [5.41, 5.74) is 0.218. The summed E-state index contributed by atoms with van der Waals surface area (Å²) < 4.78 is 1.87. The second-order valence-electron chi connectivity index (χ2n) is 5.13. The first kappa shape index (κ1) is 11.6. The minimum absolute atomic E-state index is 0.0867. The number of fused-ring (bicyclic) bond motifs is 2. The lowest BCUT2D eigenvalue weighted by atomic mass is 9.92. The predicted molar refractivity (Wildman–Crippen MR) is 76.1 cm³/mol. The maximum Gasteiger partial charge on any atom is 0.195 e. The highest BCUT2D eigenvalue weighted by Gasteiger charge is 2.22. The normalized spacial score (nSPS) is 22.7. The van der Waals surface area contributed by atoms with E-state index < -0.39 is 5.60 Å². The van der Waals surface area contributed by atoms with Crippen LogP contribution in [0.4, 0.5) is 0 Å². The van der Waals surface area contributed by atoms with E-state index in [1.807, 2.05) is 37.3 Å². The highest BCUT2D eigenvalue weighted by atomic mass is 32.1. The molecule has 0 spiro atoms. The molecule has 3 heteroatoms. The van der Waals surface area contributed by atoms with E-state index in [4.69, 9.17) is 0 Å². The van der Waals surface area contributed by atoms with Crippen molar-refractivity contribution in [3.63, 3.8) is 0 Å². The summed E-state index contributed by atoms with van der Waals surface area (Å²) in [6.07, 6.45) is 2.34. The van der Waals surface area contributed by atoms with Gasteiger partial charge in [-0.2, -0.15) is 0 Å². The largest absolute Gasteiger partial charge is 0.386 e. The lowest BCUT2D eigenvalue weighted by molar-refractivity contribution is 0.133. The Bertz CT molecular complexity index is 812. The van der Waals surface area contributed by atoms with Crippen molar-refractivity contribution >= 4 is 33.1 Å². The molecule has 0 aliphatic heterocycles. The van der Waals surface area contributed by atoms with E-state index >= 15 is 0 Å². The summed E-state index contributed by atoms with van der Waals surface area (Å²) in [5, 5.41) is 11.7. The molecule has 0 radical (unpaired) electrons. The molecular formula is C15H14O2S. The standard InChI is InChI=1S/C15H14O2S/c1-9-7-15(2,17)8-12-13(9)14(16)10-5-3-4-6-11(10)18-12/h3-6,8,17H,7H2,1-2H3. The fraction of sp³-hybridized carbons (Fsp3) is 0.267. The van der Waals surface area contributed by atoms with Gasteiger partial charge in [0.15, 0.2) is 5.43 Å². The molecule has 2 aromatic rings. The van der Waals surface area contributed by atoms with Crippen LogP contribution in [0.2, 0.25) is 0 Å². The summed E-state index contributed by atoms with van der Waals surface area (Å²) in [7, 11) is 0. The van der Waals surface area contributed by atoms with Crippen LogP contribution in [-0.2, 0) is 0 Å². The Morgan fingerprint density at radius 3 is 2.83 bits per heavy atom. The minimum Gasteiger partial charge on any atom is -0.386 e. The van der Waals surface area contributed by atoms with E-state index in [0.29, 0.717) is 6.42 Å². The topological polar surface area (TPSA) is 37.3 Å². The molecule has 3 rings (SSSR count). The molecule has 0 fully saturated rings. The van der Waals surface area contributed by atoms with Gasteiger partial charge in [0, 0.05) is 26.3 Å². The quantitative estimate of drug-likeness (QED) is 0.775. The maximum absolute atomic E-state index is 12.5. The lowest BCUT2D eigenvalue weighted by Crippen LogP contribution is -2.45. The van der Waals surface area contributed by atoms with Gasteiger partial charge in [-0.1, -0.05) is 17.7 Å². The molecule has 1 atom stereocenters. The number of benzene rings is 1. The van der Waals surface area contributed by atoms with E-state index in [1.54, 1.807) is 18.3 Å². The van der Waals surface area contributed by atoms with Crippen LogP contribution in [0, 0.1) is 0 Å². The summed E-state index contributed by atoms with van der Waals surface area (Å²) in [6, 6.07) is 7.64. The van der Waals surface area contributed by atoms with E-state index in [9.17, 15) is 9.90 Å². The van der Waals surface area contributed by atoms with Crippen molar-refractivity contribution in [1.29, 1.82) is 0 Å². The second-order valence-corrected chi connectivity index (χ2v) is 6.21. The molecule has 18 heavy (non-hydrogen) atoms. The molecule has 1 aromatic carbocycles. The number of aliphatic hydroxyl groups is 1. The highest BCUT2D eigenvalue weighted by molar-refractivity contribution is 7.16. The molecule has 1 heterocycles. The molecule has 1 aromatic heterocycles. The first-order valence-electron chi connectivity index (χ1n) is 5.95. The van der Waals surface area contributed by atoms with E-state index in [0.717, 1.165) is 25.4 Å². The average molecular weight is 258 g/mol. The molecule has 2 nitrogen and oxygen atoms in total. The number of hydrogen-bond acceptors (Lipinski definition) is 3. The van der Waals surface area contributed by atoms with Crippen molar-refractivity contribution in [2.45, 2.75) is 25.9 Å². The lowest BCUT2D eigenvalue weighted by Gasteiger charge is -2.22. The van der Waals surface area contributed by atoms with Gasteiger partial charge in [0.25, 0.3) is 0 Å². The van der Waals surface area contributed by atoms with Crippen molar-refractivity contribution in [3.8, 4) is 0 Å². The fourth-order valence-corrected chi connectivity index (χ4v) is 3.96. The monoisotopic (exact) mass is 258 g/mol. The summed E-state index contributed by atoms with van der Waals surface area (Å²) in [6.45, 7) is 3.72. The zero-order valence-corrected chi connectivity index (χ0v) is 11.2. The van der Waals surface area contributed by atoms with Crippen LogP contribution >= 0.6 is 11.3 Å². The molecule has 1 unspecified atom stereocenters. The molecule has 92 valence electrons. The number of rotatable bonds is 0. The molecule has 1 aliphatic rings. The van der Waals surface area contributed by atoms with Gasteiger partial charge in [-0.05, 0) is 32.1 Å². The van der Waals surface area contributed by atoms with Crippen molar-refractivity contribution in [2.24, 2.45) is 0 Å². The average Bonchev–Trinajstić information content (AvgIpc) is 2.26. The van der Waals surface area contributed by atoms with Crippen LogP contribution in [0.5, 0.6) is 0 Å². The van der Waals surface area contributed by atoms with Gasteiger partial charge in [-0.15, -0.1) is 11.3 Å². The van der Waals surface area contributed by atoms with Crippen molar-refractivity contribution in [2.75, 3.05) is 0 Å². The SMILES string of the molecule is CC1=c2c(sc3ccccc3c2=O)=CC(C)(O)C1. The van der Waals surface area contributed by atoms with Gasteiger partial charge in [0.1, 0.15) is 0 Å². The molecule has 0 amide bonds. The van der Waals surface area contributed by atoms with Gasteiger partial charge >= 0.3 is 0 Å². The van der Waals surface area contributed by atoms with Crippen molar-refractivity contribution in [3.05, 3.63) is 44.2 Å². The van der Waals surface area contributed by atoms with Gasteiger partial charge in [-0.25, -0.2) is 0 Å². The minimum atomic E-state index is -0.845. The zero-order chi connectivity index (χ0) is 12.9. The molecule has 0 saturated heterocycles. The van der Waals surface area contributed by atoms with Crippen molar-refractivity contribution in [1.82, 2.24) is 0 Å². The Balaban J connectivity index is 2.60. The molecule has 0 saturated carbocycles. The van der Waals surface area contributed by atoms with E-state index in [2.05, 4.69) is 0 Å². The Hall–Kier alpha value is -1.45. The van der Waals surface area contributed by atoms with E-state index in [-0.39, 0.29) is 5.43 Å². The van der Waals surface area contributed by atoms with Crippen molar-refractivity contribution < 1.29 is 5.11 Å². The molecule has 1 aliphatic carbocycles. The molecule has 1 N–H and O–H groups in total. The van der Waals surface area contributed by atoms with Crippen LogP contribution in [0.25, 0.3) is 21.7 Å². The maximum atomic E-state index is 12.5. The zero-order valence-electron chi connectivity index (χ0n) is 10.4. The van der Waals surface area contributed by atoms with Crippen LogP contribution < -0.4 is 15.2 Å². The third kappa shape index (κ3) is 1.71. The summed E-state index contributed by atoms with van der Waals surface area (Å²) >= 11 is 1.57. The van der Waals surface area contributed by atoms with Gasteiger partial charge in [-0.3, -0.25) is 4.79 Å². The predicted octanol–water partition coefficient (Wildman–Crippen LogP) is 1.37. The number of hydrogen-bond donors (Lipinski definition) is 1. The van der Waals surface area contributed by atoms with Gasteiger partial charge < -0.3 is 5.11 Å². The third-order valence-corrected chi connectivity index (χ3v) is 4.43. The van der Waals surface area contributed by atoms with Crippen LogP contribution in [0.15, 0.2) is 29.1 Å². The third-order valence-electron chi connectivity index (χ3n) is 3.32. The Kier molecular flexibility index (Phi) is 2.44. The van der Waals surface area contributed by atoms with E-state index in [1.165, 1.54) is 0 Å². The highest BCUT2D eigenvalue weighted by Crippen LogP contribution is 2.20. The Morgan fingerprint density at radius 2 is 2.06 bits per heavy atom. The first-order valence-corrected chi connectivity index (χ1v) is 6.76. The van der Waals surface area contributed by atoms with Crippen LogP contribution in [0.1, 0.15) is 20.3 Å². The fourth-order valence-electron chi connectivity index (χ4n) is 2.62. The smallest absolute Gasteiger partial charge is 0.195 e. The summed E-state index contributed by atoms with van der Waals surface area (Å²) in [5.74, 6) is 0. The van der Waals surface area contributed by atoms with Crippen LogP contribution in [0.3, 0.4) is 0 Å². The Labute approximate surface area is 109 Å². The Morgan fingerprint density at radius 1 is 1.33 bits per heavy atom. The second kappa shape index (κ2) is 3.77. The molecular weight excluding hydrogens is 244 g/mol. The summed E-state index contributed by atoms with van der Waals surface area (Å²) in [4.78, 5) is 12.5. The van der Waals surface area contributed by atoms with Gasteiger partial charge in [0.05, 0.1) is 5.60 Å². The van der Waals surface area contributed by atoms with Gasteiger partial charge in [0.2, 0.25) is 0 Å². The van der Waals surface area contributed by atoms with Crippen LogP contribution in [-0.4, -0.2) is 10.7 Å². The first-order chi connectivity index (χ1) is 8.48.